The molecular weight excluding hydrogens is 562 g/mol. The standard InChI is InChI=1S/C42H29N3O/c1-42(2)33-19-10-9-16-30(33)36-34(42)24-25-35-37(36)31-17-11-18-32(38(31)46-35)41-44-39(28-14-7-4-8-15-28)43-40(45-41)29-22-20-27(21-23-29)26-12-5-3-6-13-26/h3-25H,1-2H3. The molecule has 0 amide bonds. The molecule has 0 saturated heterocycles. The molecule has 0 unspecified atom stereocenters. The van der Waals surface area contributed by atoms with Crippen LogP contribution in [-0.4, -0.2) is 15.0 Å². The number of para-hydroxylation sites is 1. The van der Waals surface area contributed by atoms with Gasteiger partial charge in [-0.25, -0.2) is 15.0 Å². The van der Waals surface area contributed by atoms with Gasteiger partial charge in [0.25, 0.3) is 0 Å². The Bertz CT molecular complexity index is 2430. The molecule has 1 aliphatic rings. The molecule has 2 heterocycles. The maximum Gasteiger partial charge on any atom is 0.167 e. The lowest BCUT2D eigenvalue weighted by molar-refractivity contribution is 0.657. The summed E-state index contributed by atoms with van der Waals surface area (Å²) in [7, 11) is 0. The number of furan rings is 1. The van der Waals surface area contributed by atoms with Crippen molar-refractivity contribution in [3.8, 4) is 56.4 Å². The second-order valence-corrected chi connectivity index (χ2v) is 12.4. The van der Waals surface area contributed by atoms with Crippen LogP contribution in [0.5, 0.6) is 0 Å². The van der Waals surface area contributed by atoms with E-state index in [0.717, 1.165) is 44.2 Å². The first-order chi connectivity index (χ1) is 22.6. The average molecular weight is 592 g/mol. The zero-order chi connectivity index (χ0) is 30.8. The number of nitrogens with zero attached hydrogens (tertiary/aromatic N) is 3. The normalized spacial score (nSPS) is 13.2. The van der Waals surface area contributed by atoms with Gasteiger partial charge in [-0.2, -0.15) is 0 Å². The van der Waals surface area contributed by atoms with E-state index in [1.165, 1.54) is 27.8 Å². The van der Waals surface area contributed by atoms with Crippen LogP contribution in [0.2, 0.25) is 0 Å². The SMILES string of the molecule is CC1(C)c2ccccc2-c2c1ccc1oc3c(-c4nc(-c5ccccc5)nc(-c5ccc(-c6ccccc6)cc5)n4)cccc3c21. The van der Waals surface area contributed by atoms with Crippen LogP contribution in [0.3, 0.4) is 0 Å². The molecule has 4 nitrogen and oxygen atoms in total. The lowest BCUT2D eigenvalue weighted by Crippen LogP contribution is -2.14. The second kappa shape index (κ2) is 10.1. The number of fused-ring (bicyclic) bond motifs is 7. The minimum atomic E-state index is -0.0922. The molecule has 0 aliphatic heterocycles. The van der Waals surface area contributed by atoms with Crippen molar-refractivity contribution in [2.24, 2.45) is 0 Å². The lowest BCUT2D eigenvalue weighted by atomic mass is 9.82. The zero-order valence-corrected chi connectivity index (χ0v) is 25.5. The molecule has 0 radical (unpaired) electrons. The smallest absolute Gasteiger partial charge is 0.167 e. The summed E-state index contributed by atoms with van der Waals surface area (Å²) < 4.78 is 6.70. The van der Waals surface area contributed by atoms with Crippen LogP contribution in [0.15, 0.2) is 144 Å². The Hall–Kier alpha value is -5.87. The van der Waals surface area contributed by atoms with E-state index >= 15 is 0 Å². The van der Waals surface area contributed by atoms with Crippen molar-refractivity contribution in [2.75, 3.05) is 0 Å². The molecule has 0 atom stereocenters. The van der Waals surface area contributed by atoms with Gasteiger partial charge in [0, 0.05) is 27.3 Å². The highest BCUT2D eigenvalue weighted by atomic mass is 16.3. The molecule has 218 valence electrons. The summed E-state index contributed by atoms with van der Waals surface area (Å²) in [5.41, 5.74) is 11.8. The van der Waals surface area contributed by atoms with E-state index in [-0.39, 0.29) is 5.41 Å². The van der Waals surface area contributed by atoms with E-state index in [9.17, 15) is 0 Å². The Kier molecular flexibility index (Phi) is 5.81. The summed E-state index contributed by atoms with van der Waals surface area (Å²) in [6.07, 6.45) is 0. The molecule has 0 saturated carbocycles. The van der Waals surface area contributed by atoms with E-state index in [0.29, 0.717) is 17.5 Å². The Labute approximate surface area is 267 Å². The molecule has 0 spiro atoms. The predicted octanol–water partition coefficient (Wildman–Crippen LogP) is 10.7. The van der Waals surface area contributed by atoms with Crippen molar-refractivity contribution in [1.29, 1.82) is 0 Å². The third-order valence-electron chi connectivity index (χ3n) is 9.37. The van der Waals surface area contributed by atoms with E-state index < -0.39 is 0 Å². The van der Waals surface area contributed by atoms with E-state index in [2.05, 4.69) is 117 Å². The fourth-order valence-electron chi connectivity index (χ4n) is 7.04. The first kappa shape index (κ1) is 26.5. The van der Waals surface area contributed by atoms with Gasteiger partial charge in [0.1, 0.15) is 11.2 Å². The predicted molar refractivity (Wildman–Crippen MR) is 186 cm³/mol. The van der Waals surface area contributed by atoms with Crippen molar-refractivity contribution in [1.82, 2.24) is 15.0 Å². The molecule has 0 N–H and O–H groups in total. The minimum absolute atomic E-state index is 0.0922. The highest BCUT2D eigenvalue weighted by molar-refractivity contribution is 6.17. The average Bonchev–Trinajstić information content (AvgIpc) is 3.61. The molecule has 8 aromatic rings. The van der Waals surface area contributed by atoms with Gasteiger partial charge in [-0.3, -0.25) is 0 Å². The molecule has 9 rings (SSSR count). The molecule has 1 aliphatic carbocycles. The molecule has 2 aromatic heterocycles. The molecule has 0 fully saturated rings. The van der Waals surface area contributed by atoms with Gasteiger partial charge >= 0.3 is 0 Å². The maximum atomic E-state index is 6.70. The summed E-state index contributed by atoms with van der Waals surface area (Å²) >= 11 is 0. The van der Waals surface area contributed by atoms with Crippen molar-refractivity contribution in [3.05, 3.63) is 151 Å². The molecule has 46 heavy (non-hydrogen) atoms. The number of rotatable bonds is 4. The molecule has 0 bridgehead atoms. The van der Waals surface area contributed by atoms with Crippen LogP contribution in [0.4, 0.5) is 0 Å². The Morgan fingerprint density at radius 1 is 0.457 bits per heavy atom. The molecule has 4 heteroatoms. The summed E-state index contributed by atoms with van der Waals surface area (Å²) in [6, 6.07) is 48.2. The van der Waals surface area contributed by atoms with Crippen molar-refractivity contribution in [2.45, 2.75) is 19.3 Å². The van der Waals surface area contributed by atoms with Gasteiger partial charge in [-0.1, -0.05) is 141 Å². The van der Waals surface area contributed by atoms with Gasteiger partial charge < -0.3 is 4.42 Å². The topological polar surface area (TPSA) is 51.8 Å². The van der Waals surface area contributed by atoms with E-state index in [4.69, 9.17) is 19.4 Å². The van der Waals surface area contributed by atoms with Crippen molar-refractivity contribution in [3.63, 3.8) is 0 Å². The third kappa shape index (κ3) is 4.04. The second-order valence-electron chi connectivity index (χ2n) is 12.4. The summed E-state index contributed by atoms with van der Waals surface area (Å²) in [5.74, 6) is 1.82. The Morgan fingerprint density at radius 3 is 1.76 bits per heavy atom. The minimum Gasteiger partial charge on any atom is -0.455 e. The fraction of sp³-hybridized carbons (Fsp3) is 0.0714. The van der Waals surface area contributed by atoms with Gasteiger partial charge in [-0.15, -0.1) is 0 Å². The van der Waals surface area contributed by atoms with Crippen LogP contribution in [0.1, 0.15) is 25.0 Å². The first-order valence-electron chi connectivity index (χ1n) is 15.6. The van der Waals surface area contributed by atoms with Gasteiger partial charge in [0.15, 0.2) is 17.5 Å². The highest BCUT2D eigenvalue weighted by Gasteiger charge is 2.37. The quantitative estimate of drug-likeness (QED) is 0.204. The van der Waals surface area contributed by atoms with E-state index in [1.54, 1.807) is 0 Å². The van der Waals surface area contributed by atoms with Gasteiger partial charge in [0.2, 0.25) is 0 Å². The zero-order valence-electron chi connectivity index (χ0n) is 25.5. The van der Waals surface area contributed by atoms with Crippen LogP contribution in [-0.2, 0) is 5.41 Å². The maximum absolute atomic E-state index is 6.70. The highest BCUT2D eigenvalue weighted by Crippen LogP contribution is 2.53. The summed E-state index contributed by atoms with van der Waals surface area (Å²) in [6.45, 7) is 4.61. The number of benzene rings is 6. The van der Waals surface area contributed by atoms with Crippen molar-refractivity contribution >= 4 is 21.9 Å². The monoisotopic (exact) mass is 591 g/mol. The van der Waals surface area contributed by atoms with Gasteiger partial charge in [0.05, 0.1) is 5.56 Å². The number of hydrogen-bond acceptors (Lipinski definition) is 4. The summed E-state index contributed by atoms with van der Waals surface area (Å²) in [4.78, 5) is 15.1. The number of hydrogen-bond donors (Lipinski definition) is 0. The summed E-state index contributed by atoms with van der Waals surface area (Å²) in [5, 5.41) is 2.20. The van der Waals surface area contributed by atoms with Gasteiger partial charge in [-0.05, 0) is 45.5 Å². The van der Waals surface area contributed by atoms with Crippen LogP contribution >= 0.6 is 0 Å². The van der Waals surface area contributed by atoms with Crippen LogP contribution in [0, 0.1) is 0 Å². The number of aromatic nitrogens is 3. The molecular formula is C42H29N3O. The Balaban J connectivity index is 1.25. The largest absolute Gasteiger partial charge is 0.455 e. The van der Waals surface area contributed by atoms with Crippen LogP contribution < -0.4 is 0 Å². The first-order valence-corrected chi connectivity index (χ1v) is 15.6. The fourth-order valence-corrected chi connectivity index (χ4v) is 7.04. The Morgan fingerprint density at radius 2 is 1.02 bits per heavy atom. The van der Waals surface area contributed by atoms with Crippen LogP contribution in [0.25, 0.3) is 78.4 Å². The third-order valence-corrected chi connectivity index (χ3v) is 9.37. The van der Waals surface area contributed by atoms with Crippen molar-refractivity contribution < 1.29 is 4.42 Å². The molecule has 6 aromatic carbocycles. The van der Waals surface area contributed by atoms with E-state index in [1.807, 2.05) is 36.4 Å². The lowest BCUT2D eigenvalue weighted by Gasteiger charge is -2.21.